The van der Waals surface area contributed by atoms with Crippen LogP contribution in [0.3, 0.4) is 0 Å². The maximum absolute atomic E-state index is 4.87. The van der Waals surface area contributed by atoms with Crippen LogP contribution in [0.2, 0.25) is 0 Å². The van der Waals surface area contributed by atoms with Crippen molar-refractivity contribution in [3.8, 4) is 95.0 Å². The molecule has 3 nitrogen and oxygen atoms in total. The van der Waals surface area contributed by atoms with Gasteiger partial charge in [0.25, 0.3) is 0 Å². The third-order valence-corrected chi connectivity index (χ3v) is 15.7. The second-order valence-electron chi connectivity index (χ2n) is 21.4. The molecule has 0 aliphatic heterocycles. The third kappa shape index (κ3) is 9.76. The summed E-state index contributed by atoms with van der Waals surface area (Å²) in [5.74, 6) is 0. The number of fused-ring (bicyclic) bond motifs is 3. The molecule has 0 unspecified atom stereocenters. The molecule has 0 saturated carbocycles. The van der Waals surface area contributed by atoms with Gasteiger partial charge < -0.3 is 14.5 Å². The van der Waals surface area contributed by atoms with Crippen molar-refractivity contribution in [1.82, 2.24) is 14.5 Å². The standard InChI is InChI=1S/C73H59N3.2Ir/c1-46-40-54(67-30-20-21-38-74-67)31-34-58(46)63-45-70-65(64-41-53(51-22-12-9-13-23-51)33-36-69(64)76(70)57-26-16-11-17-27-57)44-66(63)72-49(4)47(2)71(48(3)50(72)5)61-29-19-18-28-59(61)60-35-32-55(42-62(60)52-24-14-10-15-25-52)68-43-56(37-39-75-68)73(6,7)8;;/h9-30,33-45H,1-8H3;;/q-2;;. The fourth-order valence-corrected chi connectivity index (χ4v) is 11.5. The van der Waals surface area contributed by atoms with E-state index < -0.39 is 0 Å². The fourth-order valence-electron chi connectivity index (χ4n) is 11.5. The minimum atomic E-state index is -0.00629. The average molecular weight is 1360 g/mol. The number of aryl methyl sites for hydroxylation is 1. The number of benzene rings is 9. The van der Waals surface area contributed by atoms with Crippen molar-refractivity contribution in [3.63, 3.8) is 0 Å². The van der Waals surface area contributed by atoms with Gasteiger partial charge in [0.1, 0.15) is 0 Å². The van der Waals surface area contributed by atoms with Gasteiger partial charge in [0.15, 0.2) is 0 Å². The van der Waals surface area contributed by atoms with Crippen molar-refractivity contribution in [2.45, 2.75) is 60.8 Å². The smallest absolute Gasteiger partial charge is 0.0541 e. The third-order valence-electron chi connectivity index (χ3n) is 15.7. The van der Waals surface area contributed by atoms with Crippen LogP contribution in [0.5, 0.6) is 0 Å². The van der Waals surface area contributed by atoms with Gasteiger partial charge >= 0.3 is 0 Å². The Hall–Kier alpha value is -7.62. The van der Waals surface area contributed by atoms with Crippen LogP contribution in [0.4, 0.5) is 0 Å². The largest absolute Gasteiger partial charge is 0.309 e. The number of aromatic nitrogens is 3. The van der Waals surface area contributed by atoms with Gasteiger partial charge in [-0.05, 0) is 160 Å². The predicted molar refractivity (Wildman–Crippen MR) is 320 cm³/mol. The van der Waals surface area contributed by atoms with Gasteiger partial charge in [0.2, 0.25) is 0 Å². The molecular formula is C73H59Ir2N3-2. The first-order valence-corrected chi connectivity index (χ1v) is 26.4. The monoisotopic (exact) mass is 1360 g/mol. The second kappa shape index (κ2) is 22.0. The predicted octanol–water partition coefficient (Wildman–Crippen LogP) is 19.3. The topological polar surface area (TPSA) is 30.7 Å². The zero-order chi connectivity index (χ0) is 52.2. The van der Waals surface area contributed by atoms with Crippen molar-refractivity contribution < 1.29 is 40.2 Å². The van der Waals surface area contributed by atoms with Crippen LogP contribution in [0.1, 0.15) is 54.2 Å². The van der Waals surface area contributed by atoms with Crippen molar-refractivity contribution in [2.24, 2.45) is 0 Å². The molecule has 3 heterocycles. The zero-order valence-corrected chi connectivity index (χ0v) is 50.0. The van der Waals surface area contributed by atoms with Gasteiger partial charge in [0, 0.05) is 69.1 Å². The molecule has 0 aliphatic carbocycles. The van der Waals surface area contributed by atoms with Crippen LogP contribution in [-0.2, 0) is 45.6 Å². The molecule has 0 bridgehead atoms. The van der Waals surface area contributed by atoms with E-state index in [1.165, 1.54) is 88.6 Å². The average Bonchev–Trinajstić information content (AvgIpc) is 3.99. The minimum absolute atomic E-state index is 0. The summed E-state index contributed by atoms with van der Waals surface area (Å²) in [4.78, 5) is 9.58. The van der Waals surface area contributed by atoms with E-state index in [0.717, 1.165) is 61.5 Å². The number of hydrogen-bond acceptors (Lipinski definition) is 2. The van der Waals surface area contributed by atoms with E-state index in [4.69, 9.17) is 9.97 Å². The quantitative estimate of drug-likeness (QED) is 0.135. The van der Waals surface area contributed by atoms with Crippen LogP contribution in [0.25, 0.3) is 117 Å². The summed E-state index contributed by atoms with van der Waals surface area (Å²) >= 11 is 0. The van der Waals surface area contributed by atoms with Crippen LogP contribution in [0.15, 0.2) is 213 Å². The van der Waals surface area contributed by atoms with Gasteiger partial charge in [-0.25, -0.2) is 0 Å². The zero-order valence-electron chi connectivity index (χ0n) is 45.2. The number of rotatable bonds is 9. The van der Waals surface area contributed by atoms with Crippen molar-refractivity contribution >= 4 is 21.8 Å². The molecule has 0 spiro atoms. The fraction of sp³-hybridized carbons (Fsp3) is 0.123. The van der Waals surface area contributed by atoms with E-state index in [1.807, 2.05) is 24.5 Å². The first kappa shape index (κ1) is 53.8. The summed E-state index contributed by atoms with van der Waals surface area (Å²) in [5.41, 5.74) is 28.9. The van der Waals surface area contributed by atoms with Crippen LogP contribution in [0, 0.1) is 46.8 Å². The van der Waals surface area contributed by atoms with Gasteiger partial charge in [0.05, 0.1) is 11.0 Å². The van der Waals surface area contributed by atoms with E-state index in [0.29, 0.717) is 0 Å². The number of nitrogens with zero attached hydrogens (tertiary/aromatic N) is 3. The summed E-state index contributed by atoms with van der Waals surface area (Å²) in [6.45, 7) is 18.3. The molecule has 3 aromatic heterocycles. The van der Waals surface area contributed by atoms with Crippen molar-refractivity contribution in [1.29, 1.82) is 0 Å². The van der Waals surface area contributed by atoms with Gasteiger partial charge in [-0.1, -0.05) is 183 Å². The summed E-state index contributed by atoms with van der Waals surface area (Å²) in [6.07, 6.45) is 3.78. The first-order chi connectivity index (χ1) is 36.9. The Bertz CT molecular complexity index is 4140. The number of para-hydroxylation sites is 1. The summed E-state index contributed by atoms with van der Waals surface area (Å²) < 4.78 is 2.44. The minimum Gasteiger partial charge on any atom is -0.309 e. The van der Waals surface area contributed by atoms with Gasteiger partial charge in [-0.2, -0.15) is 0 Å². The molecule has 0 N–H and O–H groups in total. The maximum Gasteiger partial charge on any atom is 0.0541 e. The molecular weight excluding hydrogens is 1300 g/mol. The van der Waals surface area contributed by atoms with E-state index >= 15 is 0 Å². The maximum atomic E-state index is 4.87. The van der Waals surface area contributed by atoms with Crippen molar-refractivity contribution in [2.75, 3.05) is 0 Å². The van der Waals surface area contributed by atoms with Crippen molar-refractivity contribution in [3.05, 3.63) is 258 Å². The molecule has 78 heavy (non-hydrogen) atoms. The summed E-state index contributed by atoms with van der Waals surface area (Å²) in [5, 5.41) is 2.42. The molecule has 0 atom stereocenters. The Labute approximate surface area is 486 Å². The van der Waals surface area contributed by atoms with Gasteiger partial charge in [-0.3, -0.25) is 0 Å². The SMILES string of the molecule is Cc1cc(-c2ccccn2)[c-]cc1-c1cc2c(cc1-c1c(C)c(C)c(-c3ccccc3-c3c[c-]c(-c4cc(C(C)(C)C)ccn4)cc3-c3ccccc3)c(C)c1C)c1cc(-c3ccccc3)ccc1n2-c1ccccc1.[Ir].[Ir]. The molecule has 386 valence electrons. The van der Waals surface area contributed by atoms with E-state index in [9.17, 15) is 0 Å². The Morgan fingerprint density at radius 1 is 0.385 bits per heavy atom. The second-order valence-corrected chi connectivity index (χ2v) is 21.4. The molecule has 2 radical (unpaired) electrons. The van der Waals surface area contributed by atoms with E-state index in [2.05, 4.69) is 260 Å². The number of pyridine rings is 2. The molecule has 5 heteroatoms. The molecule has 0 aliphatic rings. The van der Waals surface area contributed by atoms with Crippen LogP contribution >= 0.6 is 0 Å². The molecule has 12 rings (SSSR count). The van der Waals surface area contributed by atoms with E-state index in [-0.39, 0.29) is 45.6 Å². The van der Waals surface area contributed by atoms with Gasteiger partial charge in [-0.15, -0.1) is 53.1 Å². The Balaban J connectivity index is 0.00000344. The molecule has 0 fully saturated rings. The van der Waals surface area contributed by atoms with Crippen LogP contribution in [-0.4, -0.2) is 14.5 Å². The first-order valence-electron chi connectivity index (χ1n) is 26.4. The number of hydrogen-bond donors (Lipinski definition) is 0. The molecule has 12 aromatic rings. The normalized spacial score (nSPS) is 11.4. The molecule has 9 aromatic carbocycles. The Morgan fingerprint density at radius 3 is 1.59 bits per heavy atom. The Kier molecular flexibility index (Phi) is 15.2. The van der Waals surface area contributed by atoms with E-state index in [1.54, 1.807) is 0 Å². The summed E-state index contributed by atoms with van der Waals surface area (Å²) in [6, 6.07) is 79.8. The Morgan fingerprint density at radius 2 is 0.949 bits per heavy atom. The molecule has 0 saturated heterocycles. The molecule has 0 amide bonds. The summed E-state index contributed by atoms with van der Waals surface area (Å²) in [7, 11) is 0. The van der Waals surface area contributed by atoms with Crippen LogP contribution < -0.4 is 0 Å².